The molecule has 2 heteroatoms. The van der Waals surface area contributed by atoms with Crippen molar-refractivity contribution in [2.45, 2.75) is 26.3 Å². The molecule has 0 saturated heterocycles. The second-order valence-electron chi connectivity index (χ2n) is 5.70. The molecule has 2 N–H and O–H groups in total. The first-order valence-electron chi connectivity index (χ1n) is 7.19. The molecule has 0 fully saturated rings. The Balaban J connectivity index is 1.86. The van der Waals surface area contributed by atoms with Gasteiger partial charge < -0.3 is 10.5 Å². The molecule has 0 radical (unpaired) electrons. The molecule has 0 saturated carbocycles. The maximum atomic E-state index is 6.52. The normalized spacial score (nSPS) is 19.1. The fourth-order valence-corrected chi connectivity index (χ4v) is 2.97. The van der Waals surface area contributed by atoms with Gasteiger partial charge in [-0.2, -0.15) is 0 Å². The third-order valence-electron chi connectivity index (χ3n) is 4.42. The topological polar surface area (TPSA) is 35.2 Å². The molecule has 2 atom stereocenters. The van der Waals surface area contributed by atoms with Crippen molar-refractivity contribution in [3.63, 3.8) is 0 Å². The number of rotatable bonds is 2. The fraction of sp³-hybridized carbons (Fsp3) is 0.333. The number of para-hydroxylation sites is 1. The number of ether oxygens (including phenoxy) is 1. The molecule has 2 nitrogen and oxygen atoms in total. The summed E-state index contributed by atoms with van der Waals surface area (Å²) >= 11 is 0. The molecule has 2 aromatic rings. The predicted molar refractivity (Wildman–Crippen MR) is 82.0 cm³/mol. The minimum absolute atomic E-state index is 0.0308. The van der Waals surface area contributed by atoms with Gasteiger partial charge in [-0.15, -0.1) is 0 Å². The highest BCUT2D eigenvalue weighted by molar-refractivity contribution is 5.38. The minimum atomic E-state index is 0.0308. The average Bonchev–Trinajstić information content (AvgIpc) is 2.49. The number of fused-ring (bicyclic) bond motifs is 1. The summed E-state index contributed by atoms with van der Waals surface area (Å²) in [4.78, 5) is 0. The van der Waals surface area contributed by atoms with Crippen LogP contribution in [-0.2, 0) is 6.42 Å². The van der Waals surface area contributed by atoms with Crippen LogP contribution in [0.2, 0.25) is 0 Å². The van der Waals surface area contributed by atoms with E-state index in [2.05, 4.69) is 44.2 Å². The van der Waals surface area contributed by atoms with E-state index in [1.807, 2.05) is 12.1 Å². The Hall–Kier alpha value is -1.80. The second-order valence-corrected chi connectivity index (χ2v) is 5.70. The van der Waals surface area contributed by atoms with Gasteiger partial charge in [-0.25, -0.2) is 0 Å². The van der Waals surface area contributed by atoms with Gasteiger partial charge in [0.1, 0.15) is 5.75 Å². The van der Waals surface area contributed by atoms with E-state index in [-0.39, 0.29) is 6.04 Å². The second kappa shape index (κ2) is 5.29. The maximum absolute atomic E-state index is 6.52. The molecule has 2 aromatic carbocycles. The van der Waals surface area contributed by atoms with Crippen LogP contribution >= 0.6 is 0 Å². The largest absolute Gasteiger partial charge is 0.493 e. The van der Waals surface area contributed by atoms with E-state index in [4.69, 9.17) is 10.5 Å². The van der Waals surface area contributed by atoms with Crippen molar-refractivity contribution in [3.05, 3.63) is 64.7 Å². The van der Waals surface area contributed by atoms with Gasteiger partial charge in [0.15, 0.2) is 0 Å². The van der Waals surface area contributed by atoms with Crippen molar-refractivity contribution < 1.29 is 4.74 Å². The van der Waals surface area contributed by atoms with Crippen LogP contribution in [0.1, 0.15) is 28.3 Å². The molecule has 0 aliphatic carbocycles. The Bertz CT molecular complexity index is 621. The molecule has 104 valence electrons. The number of hydrogen-bond acceptors (Lipinski definition) is 2. The predicted octanol–water partition coefficient (Wildman–Crippen LogP) is 3.55. The van der Waals surface area contributed by atoms with Crippen molar-refractivity contribution in [1.29, 1.82) is 0 Å². The van der Waals surface area contributed by atoms with Crippen LogP contribution in [0.25, 0.3) is 0 Å². The third-order valence-corrected chi connectivity index (χ3v) is 4.42. The first-order valence-corrected chi connectivity index (χ1v) is 7.19. The molecule has 20 heavy (non-hydrogen) atoms. The van der Waals surface area contributed by atoms with Gasteiger partial charge in [0, 0.05) is 12.0 Å². The summed E-state index contributed by atoms with van der Waals surface area (Å²) in [5, 5.41) is 0. The van der Waals surface area contributed by atoms with Crippen LogP contribution in [0.15, 0.2) is 42.5 Å². The third kappa shape index (κ3) is 2.32. The van der Waals surface area contributed by atoms with Crippen LogP contribution in [0, 0.1) is 19.8 Å². The number of aryl methyl sites for hydroxylation is 1. The summed E-state index contributed by atoms with van der Waals surface area (Å²) in [5.41, 5.74) is 11.6. The number of nitrogens with two attached hydrogens (primary N) is 1. The van der Waals surface area contributed by atoms with Crippen molar-refractivity contribution >= 4 is 0 Å². The minimum Gasteiger partial charge on any atom is -0.493 e. The maximum Gasteiger partial charge on any atom is 0.122 e. The highest BCUT2D eigenvalue weighted by Gasteiger charge is 2.26. The van der Waals surface area contributed by atoms with Crippen molar-refractivity contribution in [2.75, 3.05) is 6.61 Å². The first kappa shape index (κ1) is 13.2. The van der Waals surface area contributed by atoms with Gasteiger partial charge in [0.2, 0.25) is 0 Å². The molecule has 0 spiro atoms. The van der Waals surface area contributed by atoms with Gasteiger partial charge in [-0.1, -0.05) is 36.4 Å². The SMILES string of the molecule is Cc1cccc(C(N)C2COc3ccccc3C2)c1C. The van der Waals surface area contributed by atoms with Crippen LogP contribution in [0.4, 0.5) is 0 Å². The Kier molecular flexibility index (Phi) is 3.49. The van der Waals surface area contributed by atoms with E-state index < -0.39 is 0 Å². The lowest BCUT2D eigenvalue weighted by molar-refractivity contribution is 0.199. The lowest BCUT2D eigenvalue weighted by atomic mass is 9.85. The Morgan fingerprint density at radius 1 is 1.10 bits per heavy atom. The van der Waals surface area contributed by atoms with E-state index in [0.717, 1.165) is 12.2 Å². The van der Waals surface area contributed by atoms with Crippen LogP contribution < -0.4 is 10.5 Å². The Morgan fingerprint density at radius 2 is 1.90 bits per heavy atom. The molecular formula is C18H21NO. The van der Waals surface area contributed by atoms with E-state index in [1.54, 1.807) is 0 Å². The zero-order valence-electron chi connectivity index (χ0n) is 12.1. The average molecular weight is 267 g/mol. The van der Waals surface area contributed by atoms with Gasteiger partial charge in [-0.3, -0.25) is 0 Å². The molecule has 0 aromatic heterocycles. The number of benzene rings is 2. The van der Waals surface area contributed by atoms with Gasteiger partial charge in [0.25, 0.3) is 0 Å². The molecule has 1 aliphatic heterocycles. The lowest BCUT2D eigenvalue weighted by Gasteiger charge is -2.30. The van der Waals surface area contributed by atoms with Crippen molar-refractivity contribution in [1.82, 2.24) is 0 Å². The first-order chi connectivity index (χ1) is 9.66. The molecule has 0 bridgehead atoms. The van der Waals surface area contributed by atoms with Gasteiger partial charge in [-0.05, 0) is 48.6 Å². The quantitative estimate of drug-likeness (QED) is 0.903. The van der Waals surface area contributed by atoms with Gasteiger partial charge >= 0.3 is 0 Å². The zero-order valence-corrected chi connectivity index (χ0v) is 12.1. The molecule has 2 unspecified atom stereocenters. The Labute approximate surface area is 120 Å². The van der Waals surface area contributed by atoms with Crippen LogP contribution in [0.3, 0.4) is 0 Å². The summed E-state index contributed by atoms with van der Waals surface area (Å²) in [5.74, 6) is 1.35. The summed E-state index contributed by atoms with van der Waals surface area (Å²) < 4.78 is 5.87. The monoisotopic (exact) mass is 267 g/mol. The zero-order chi connectivity index (χ0) is 14.1. The van der Waals surface area contributed by atoms with E-state index in [0.29, 0.717) is 12.5 Å². The fourth-order valence-electron chi connectivity index (χ4n) is 2.97. The summed E-state index contributed by atoms with van der Waals surface area (Å²) in [7, 11) is 0. The van der Waals surface area contributed by atoms with E-state index in [9.17, 15) is 0 Å². The lowest BCUT2D eigenvalue weighted by Crippen LogP contribution is -2.32. The van der Waals surface area contributed by atoms with E-state index >= 15 is 0 Å². The summed E-state index contributed by atoms with van der Waals surface area (Å²) in [6.07, 6.45) is 0.991. The van der Waals surface area contributed by atoms with Crippen LogP contribution in [0.5, 0.6) is 5.75 Å². The summed E-state index contributed by atoms with van der Waals surface area (Å²) in [6, 6.07) is 14.7. The highest BCUT2D eigenvalue weighted by Crippen LogP contribution is 2.33. The molecule has 1 heterocycles. The van der Waals surface area contributed by atoms with Gasteiger partial charge in [0.05, 0.1) is 6.61 Å². The molecule has 1 aliphatic rings. The smallest absolute Gasteiger partial charge is 0.122 e. The number of hydrogen-bond donors (Lipinski definition) is 1. The highest BCUT2D eigenvalue weighted by atomic mass is 16.5. The summed E-state index contributed by atoms with van der Waals surface area (Å²) in [6.45, 7) is 4.99. The molecular weight excluding hydrogens is 246 g/mol. The van der Waals surface area contributed by atoms with Crippen LogP contribution in [-0.4, -0.2) is 6.61 Å². The van der Waals surface area contributed by atoms with E-state index in [1.165, 1.54) is 22.3 Å². The van der Waals surface area contributed by atoms with Crippen molar-refractivity contribution in [2.24, 2.45) is 11.7 Å². The molecule has 0 amide bonds. The Morgan fingerprint density at radius 3 is 2.75 bits per heavy atom. The molecule has 3 rings (SSSR count). The standard InChI is InChI=1S/C18H21NO/c1-12-6-5-8-16(13(12)2)18(19)15-10-14-7-3-4-9-17(14)20-11-15/h3-9,15,18H,10-11,19H2,1-2H3. The van der Waals surface area contributed by atoms with Crippen molar-refractivity contribution in [3.8, 4) is 5.75 Å².